The maximum absolute atomic E-state index is 6.32. The summed E-state index contributed by atoms with van der Waals surface area (Å²) in [6.07, 6.45) is 0. The van der Waals surface area contributed by atoms with E-state index in [0.29, 0.717) is 0 Å². The lowest BCUT2D eigenvalue weighted by atomic mass is 9.92. The van der Waals surface area contributed by atoms with Crippen LogP contribution in [0.3, 0.4) is 0 Å². The van der Waals surface area contributed by atoms with E-state index in [1.807, 2.05) is 12.1 Å². The highest BCUT2D eigenvalue weighted by atomic mass is 16.3. The van der Waals surface area contributed by atoms with Crippen molar-refractivity contribution in [3.8, 4) is 44.5 Å². The fraction of sp³-hybridized carbons (Fsp3) is 0. The predicted octanol–water partition coefficient (Wildman–Crippen LogP) is 12.6. The van der Waals surface area contributed by atoms with Gasteiger partial charge < -0.3 is 4.42 Å². The number of hydrogen-bond donors (Lipinski definition) is 0. The molecule has 0 saturated carbocycles. The highest BCUT2D eigenvalue weighted by Crippen LogP contribution is 2.38. The van der Waals surface area contributed by atoms with E-state index < -0.39 is 0 Å². The van der Waals surface area contributed by atoms with Gasteiger partial charge in [-0.2, -0.15) is 0 Å². The van der Waals surface area contributed by atoms with Crippen molar-refractivity contribution in [2.45, 2.75) is 0 Å². The van der Waals surface area contributed by atoms with Gasteiger partial charge in [0.15, 0.2) is 0 Å². The standard InChI is InChI=1S/C44H28O/c1-2-12-36-35(9-1)28-42(39-14-4-3-13-38(36)39)32-25-23-30(24-26-32)29-19-21-31(22-20-29)33-10-7-11-34(27-33)37-16-8-17-41-40-15-5-6-18-43(40)45-44(37)41/h1-28H. The van der Waals surface area contributed by atoms with Crippen molar-refractivity contribution in [3.05, 3.63) is 170 Å². The summed E-state index contributed by atoms with van der Waals surface area (Å²) in [6.45, 7) is 0. The number of benzene rings is 8. The lowest BCUT2D eigenvalue weighted by molar-refractivity contribution is 0.670. The normalized spacial score (nSPS) is 11.6. The molecular weight excluding hydrogens is 544 g/mol. The van der Waals surface area contributed by atoms with E-state index >= 15 is 0 Å². The summed E-state index contributed by atoms with van der Waals surface area (Å²) < 4.78 is 6.32. The van der Waals surface area contributed by atoms with Crippen LogP contribution in [0.2, 0.25) is 0 Å². The second-order valence-corrected chi connectivity index (χ2v) is 11.7. The number of hydrogen-bond acceptors (Lipinski definition) is 1. The van der Waals surface area contributed by atoms with E-state index in [1.54, 1.807) is 0 Å². The molecule has 9 rings (SSSR count). The molecule has 0 fully saturated rings. The van der Waals surface area contributed by atoms with Crippen LogP contribution in [0.15, 0.2) is 174 Å². The zero-order valence-corrected chi connectivity index (χ0v) is 24.6. The van der Waals surface area contributed by atoms with Crippen molar-refractivity contribution in [1.82, 2.24) is 0 Å². The van der Waals surface area contributed by atoms with Gasteiger partial charge in [-0.3, -0.25) is 0 Å². The van der Waals surface area contributed by atoms with Gasteiger partial charge in [-0.25, -0.2) is 0 Å². The van der Waals surface area contributed by atoms with Crippen molar-refractivity contribution in [1.29, 1.82) is 0 Å². The zero-order chi connectivity index (χ0) is 29.7. The van der Waals surface area contributed by atoms with Crippen molar-refractivity contribution in [3.63, 3.8) is 0 Å². The van der Waals surface area contributed by atoms with Gasteiger partial charge in [0.25, 0.3) is 0 Å². The largest absolute Gasteiger partial charge is 0.455 e. The number of fused-ring (bicyclic) bond motifs is 6. The fourth-order valence-electron chi connectivity index (χ4n) is 6.83. The van der Waals surface area contributed by atoms with Crippen LogP contribution in [0, 0.1) is 0 Å². The Morgan fingerprint density at radius 2 is 0.844 bits per heavy atom. The summed E-state index contributed by atoms with van der Waals surface area (Å²) in [5.41, 5.74) is 11.4. The van der Waals surface area contributed by atoms with Crippen molar-refractivity contribution >= 4 is 43.5 Å². The minimum Gasteiger partial charge on any atom is -0.455 e. The van der Waals surface area contributed by atoms with E-state index in [9.17, 15) is 0 Å². The Bertz CT molecular complexity index is 2510. The third-order valence-corrected chi connectivity index (χ3v) is 9.09. The monoisotopic (exact) mass is 572 g/mol. The molecule has 9 aromatic rings. The number of rotatable bonds is 4. The molecule has 0 aliphatic carbocycles. The first-order valence-electron chi connectivity index (χ1n) is 15.4. The maximum atomic E-state index is 6.32. The molecule has 0 saturated heterocycles. The van der Waals surface area contributed by atoms with Crippen LogP contribution >= 0.6 is 0 Å². The molecule has 0 aliphatic heterocycles. The first-order valence-corrected chi connectivity index (χ1v) is 15.4. The summed E-state index contributed by atoms with van der Waals surface area (Å²) >= 11 is 0. The molecule has 1 aromatic heterocycles. The highest BCUT2D eigenvalue weighted by Gasteiger charge is 2.13. The van der Waals surface area contributed by atoms with Crippen molar-refractivity contribution < 1.29 is 4.42 Å². The average Bonchev–Trinajstić information content (AvgIpc) is 3.51. The van der Waals surface area contributed by atoms with E-state index in [4.69, 9.17) is 4.42 Å². The summed E-state index contributed by atoms with van der Waals surface area (Å²) in [5, 5.41) is 7.45. The Kier molecular flexibility index (Phi) is 5.89. The third kappa shape index (κ3) is 4.32. The molecule has 8 aromatic carbocycles. The molecule has 1 heteroatoms. The predicted molar refractivity (Wildman–Crippen MR) is 190 cm³/mol. The third-order valence-electron chi connectivity index (χ3n) is 9.09. The van der Waals surface area contributed by atoms with Crippen LogP contribution in [-0.4, -0.2) is 0 Å². The van der Waals surface area contributed by atoms with Crippen LogP contribution in [0.5, 0.6) is 0 Å². The van der Waals surface area contributed by atoms with Crippen molar-refractivity contribution in [2.24, 2.45) is 0 Å². The average molecular weight is 573 g/mol. The SMILES string of the molecule is c1cc(-c2ccc(-c3ccc(-c4cc5ccccc5c5ccccc45)cc3)cc2)cc(-c2cccc3c2oc2ccccc23)c1. The van der Waals surface area contributed by atoms with Gasteiger partial charge in [0.1, 0.15) is 11.2 Å². The number of furan rings is 1. The minimum atomic E-state index is 0.922. The van der Waals surface area contributed by atoms with Gasteiger partial charge in [-0.05, 0) is 78.7 Å². The quantitative estimate of drug-likeness (QED) is 0.191. The van der Waals surface area contributed by atoms with Crippen LogP contribution in [0.1, 0.15) is 0 Å². The Morgan fingerprint density at radius 3 is 1.62 bits per heavy atom. The van der Waals surface area contributed by atoms with Gasteiger partial charge in [0, 0.05) is 16.3 Å². The molecule has 210 valence electrons. The van der Waals surface area contributed by atoms with Gasteiger partial charge >= 0.3 is 0 Å². The van der Waals surface area contributed by atoms with Crippen LogP contribution in [0.25, 0.3) is 88.0 Å². The molecule has 0 radical (unpaired) electrons. The lowest BCUT2D eigenvalue weighted by Gasteiger charge is -2.12. The van der Waals surface area contributed by atoms with Gasteiger partial charge in [0.05, 0.1) is 0 Å². The van der Waals surface area contributed by atoms with E-state index in [0.717, 1.165) is 33.1 Å². The number of para-hydroxylation sites is 2. The molecule has 0 aliphatic rings. The first kappa shape index (κ1) is 25.6. The van der Waals surface area contributed by atoms with E-state index in [-0.39, 0.29) is 0 Å². The van der Waals surface area contributed by atoms with Gasteiger partial charge in [-0.1, -0.05) is 152 Å². The van der Waals surface area contributed by atoms with Crippen LogP contribution < -0.4 is 0 Å². The summed E-state index contributed by atoms with van der Waals surface area (Å²) in [4.78, 5) is 0. The molecule has 0 atom stereocenters. The van der Waals surface area contributed by atoms with Gasteiger partial charge in [-0.15, -0.1) is 0 Å². The summed E-state index contributed by atoms with van der Waals surface area (Å²) in [5.74, 6) is 0. The van der Waals surface area contributed by atoms with E-state index in [2.05, 4.69) is 158 Å². The lowest BCUT2D eigenvalue weighted by Crippen LogP contribution is -1.86. The highest BCUT2D eigenvalue weighted by molar-refractivity contribution is 6.14. The molecule has 1 heterocycles. The molecule has 0 N–H and O–H groups in total. The maximum Gasteiger partial charge on any atom is 0.143 e. The Labute approximate surface area is 261 Å². The van der Waals surface area contributed by atoms with Gasteiger partial charge in [0.2, 0.25) is 0 Å². The molecular formula is C44H28O. The summed E-state index contributed by atoms with van der Waals surface area (Å²) in [7, 11) is 0. The summed E-state index contributed by atoms with van der Waals surface area (Å²) in [6, 6.07) is 61.0. The van der Waals surface area contributed by atoms with Crippen LogP contribution in [-0.2, 0) is 0 Å². The molecule has 0 spiro atoms. The smallest absolute Gasteiger partial charge is 0.143 e. The molecule has 0 unspecified atom stereocenters. The zero-order valence-electron chi connectivity index (χ0n) is 24.6. The molecule has 0 bridgehead atoms. The molecule has 45 heavy (non-hydrogen) atoms. The second-order valence-electron chi connectivity index (χ2n) is 11.7. The Morgan fingerprint density at radius 1 is 0.289 bits per heavy atom. The first-order chi connectivity index (χ1) is 22.3. The van der Waals surface area contributed by atoms with Crippen LogP contribution in [0.4, 0.5) is 0 Å². The van der Waals surface area contributed by atoms with E-state index in [1.165, 1.54) is 54.9 Å². The minimum absolute atomic E-state index is 0.922. The topological polar surface area (TPSA) is 13.1 Å². The van der Waals surface area contributed by atoms with Crippen molar-refractivity contribution in [2.75, 3.05) is 0 Å². The molecule has 1 nitrogen and oxygen atoms in total. The second kappa shape index (κ2) is 10.4. The fourth-order valence-corrected chi connectivity index (χ4v) is 6.83. The molecule has 0 amide bonds. The Balaban J connectivity index is 1.03. The Hall–Kier alpha value is -5.92.